The predicted octanol–water partition coefficient (Wildman–Crippen LogP) is 1.71. The van der Waals surface area contributed by atoms with Gasteiger partial charge >= 0.3 is 5.97 Å². The Balaban J connectivity index is 2.11. The maximum Gasteiger partial charge on any atom is 0.305 e. The molecule has 1 aromatic rings. The van der Waals surface area contributed by atoms with Crippen molar-refractivity contribution in [1.82, 2.24) is 10.6 Å². The van der Waals surface area contributed by atoms with E-state index < -0.39 is 17.4 Å². The molecule has 1 aromatic carbocycles. The van der Waals surface area contributed by atoms with Crippen molar-refractivity contribution in [2.45, 2.75) is 32.2 Å². The quantitative estimate of drug-likeness (QED) is 0.771. The lowest BCUT2D eigenvalue weighted by Gasteiger charge is -2.34. The highest BCUT2D eigenvalue weighted by molar-refractivity contribution is 5.83. The molecule has 3 N–H and O–H groups in total. The minimum absolute atomic E-state index is 0.0789. The van der Waals surface area contributed by atoms with E-state index in [2.05, 4.69) is 10.6 Å². The van der Waals surface area contributed by atoms with Gasteiger partial charge in [0.25, 0.3) is 0 Å². The van der Waals surface area contributed by atoms with Gasteiger partial charge in [0.15, 0.2) is 0 Å². The summed E-state index contributed by atoms with van der Waals surface area (Å²) in [5.41, 5.74) is 0.352. The van der Waals surface area contributed by atoms with E-state index in [1.165, 1.54) is 0 Å². The van der Waals surface area contributed by atoms with Gasteiger partial charge in [-0.05, 0) is 31.9 Å². The Labute approximate surface area is 124 Å². The largest absolute Gasteiger partial charge is 0.481 e. The number of carbonyl (C=O) groups excluding carboxylic acids is 1. The van der Waals surface area contributed by atoms with Crippen LogP contribution in [0.2, 0.25) is 0 Å². The number of benzene rings is 1. The Kier molecular flexibility index (Phi) is 4.96. The van der Waals surface area contributed by atoms with Gasteiger partial charge in [0.1, 0.15) is 0 Å². The van der Waals surface area contributed by atoms with E-state index in [-0.39, 0.29) is 12.3 Å². The number of carbonyl (C=O) groups is 2. The fourth-order valence-corrected chi connectivity index (χ4v) is 2.69. The number of nitrogens with one attached hydrogen (secondary N) is 2. The van der Waals surface area contributed by atoms with E-state index in [1.54, 1.807) is 0 Å². The number of aliphatic carboxylic acids is 1. The van der Waals surface area contributed by atoms with Gasteiger partial charge in [-0.2, -0.15) is 0 Å². The molecule has 2 rings (SSSR count). The van der Waals surface area contributed by atoms with Crippen LogP contribution in [-0.4, -0.2) is 30.1 Å². The lowest BCUT2D eigenvalue weighted by molar-refractivity contribution is -0.138. The number of amides is 1. The standard InChI is InChI=1S/C16H22N2O3/c1-16(8-5-9-17-11-16)15(21)18-13(10-14(19)20)12-6-3-2-4-7-12/h2-4,6-7,13,17H,5,8-11H2,1H3,(H,18,21)(H,19,20). The van der Waals surface area contributed by atoms with Crippen LogP contribution < -0.4 is 10.6 Å². The van der Waals surface area contributed by atoms with Gasteiger partial charge in [0, 0.05) is 6.54 Å². The summed E-state index contributed by atoms with van der Waals surface area (Å²) in [7, 11) is 0. The minimum Gasteiger partial charge on any atom is -0.481 e. The first-order valence-electron chi connectivity index (χ1n) is 7.30. The third-order valence-corrected chi connectivity index (χ3v) is 4.03. The minimum atomic E-state index is -0.920. The zero-order valence-electron chi connectivity index (χ0n) is 12.3. The second kappa shape index (κ2) is 6.72. The molecule has 21 heavy (non-hydrogen) atoms. The van der Waals surface area contributed by atoms with E-state index in [0.29, 0.717) is 6.54 Å². The van der Waals surface area contributed by atoms with Crippen LogP contribution >= 0.6 is 0 Å². The van der Waals surface area contributed by atoms with Gasteiger partial charge < -0.3 is 15.7 Å². The molecule has 1 aliphatic heterocycles. The maximum absolute atomic E-state index is 12.5. The predicted molar refractivity (Wildman–Crippen MR) is 79.8 cm³/mol. The molecule has 2 unspecified atom stereocenters. The molecule has 5 nitrogen and oxygen atoms in total. The van der Waals surface area contributed by atoms with Crippen LogP contribution in [0.3, 0.4) is 0 Å². The molecule has 2 atom stereocenters. The zero-order valence-corrected chi connectivity index (χ0v) is 12.3. The summed E-state index contributed by atoms with van der Waals surface area (Å²) >= 11 is 0. The topological polar surface area (TPSA) is 78.4 Å². The van der Waals surface area contributed by atoms with Crippen molar-refractivity contribution >= 4 is 11.9 Å². The van der Waals surface area contributed by atoms with Crippen molar-refractivity contribution in [1.29, 1.82) is 0 Å². The molecule has 1 aliphatic rings. The lowest BCUT2D eigenvalue weighted by Crippen LogP contribution is -2.49. The molecule has 0 aliphatic carbocycles. The Morgan fingerprint density at radius 2 is 2.10 bits per heavy atom. The summed E-state index contributed by atoms with van der Waals surface area (Å²) in [5.74, 6) is -0.999. The van der Waals surface area contributed by atoms with Crippen molar-refractivity contribution in [3.05, 3.63) is 35.9 Å². The van der Waals surface area contributed by atoms with Crippen LogP contribution in [0.15, 0.2) is 30.3 Å². The van der Waals surface area contributed by atoms with E-state index >= 15 is 0 Å². The molecular weight excluding hydrogens is 268 g/mol. The number of hydrogen-bond donors (Lipinski definition) is 3. The highest BCUT2D eigenvalue weighted by Gasteiger charge is 2.36. The van der Waals surface area contributed by atoms with Gasteiger partial charge in [0.05, 0.1) is 17.9 Å². The van der Waals surface area contributed by atoms with Crippen LogP contribution in [0.25, 0.3) is 0 Å². The van der Waals surface area contributed by atoms with Crippen molar-refractivity contribution in [3.8, 4) is 0 Å². The molecule has 0 bridgehead atoms. The average molecular weight is 290 g/mol. The highest BCUT2D eigenvalue weighted by Crippen LogP contribution is 2.27. The van der Waals surface area contributed by atoms with Crippen molar-refractivity contribution in [2.24, 2.45) is 5.41 Å². The monoisotopic (exact) mass is 290 g/mol. The van der Waals surface area contributed by atoms with Crippen molar-refractivity contribution < 1.29 is 14.7 Å². The van der Waals surface area contributed by atoms with Gasteiger partial charge in [-0.3, -0.25) is 9.59 Å². The second-order valence-electron chi connectivity index (χ2n) is 5.88. The molecule has 0 radical (unpaired) electrons. The maximum atomic E-state index is 12.5. The molecule has 0 spiro atoms. The van der Waals surface area contributed by atoms with Gasteiger partial charge in [-0.1, -0.05) is 30.3 Å². The van der Waals surface area contributed by atoms with E-state index in [1.807, 2.05) is 37.3 Å². The van der Waals surface area contributed by atoms with Crippen molar-refractivity contribution in [2.75, 3.05) is 13.1 Å². The summed E-state index contributed by atoms with van der Waals surface area (Å²) in [6.45, 7) is 3.49. The number of carboxylic acid groups (broad SMARTS) is 1. The molecule has 1 heterocycles. The Morgan fingerprint density at radius 3 is 2.67 bits per heavy atom. The zero-order chi connectivity index (χ0) is 15.3. The Morgan fingerprint density at radius 1 is 1.38 bits per heavy atom. The van der Waals surface area contributed by atoms with Gasteiger partial charge in [-0.15, -0.1) is 0 Å². The van der Waals surface area contributed by atoms with E-state index in [4.69, 9.17) is 5.11 Å². The average Bonchev–Trinajstić information content (AvgIpc) is 2.47. The molecule has 1 fully saturated rings. The summed E-state index contributed by atoms with van der Waals surface area (Å²) in [6, 6.07) is 8.76. The number of rotatable bonds is 5. The summed E-state index contributed by atoms with van der Waals surface area (Å²) < 4.78 is 0. The van der Waals surface area contributed by atoms with Gasteiger partial charge in [-0.25, -0.2) is 0 Å². The molecular formula is C16H22N2O3. The molecule has 0 saturated carbocycles. The summed E-state index contributed by atoms with van der Waals surface area (Å²) in [5, 5.41) is 15.2. The number of piperidine rings is 1. The molecule has 0 aromatic heterocycles. The van der Waals surface area contributed by atoms with Gasteiger partial charge in [0.2, 0.25) is 5.91 Å². The van der Waals surface area contributed by atoms with Crippen LogP contribution in [0.4, 0.5) is 0 Å². The molecule has 1 saturated heterocycles. The second-order valence-corrected chi connectivity index (χ2v) is 5.88. The number of hydrogen-bond acceptors (Lipinski definition) is 3. The highest BCUT2D eigenvalue weighted by atomic mass is 16.4. The molecule has 1 amide bonds. The van der Waals surface area contributed by atoms with Crippen LogP contribution in [-0.2, 0) is 9.59 Å². The van der Waals surface area contributed by atoms with E-state index in [9.17, 15) is 9.59 Å². The Hall–Kier alpha value is -1.88. The molecule has 5 heteroatoms. The lowest BCUT2D eigenvalue weighted by atomic mass is 9.81. The van der Waals surface area contributed by atoms with Crippen molar-refractivity contribution in [3.63, 3.8) is 0 Å². The van der Waals surface area contributed by atoms with E-state index in [0.717, 1.165) is 24.9 Å². The fraction of sp³-hybridized carbons (Fsp3) is 0.500. The third-order valence-electron chi connectivity index (χ3n) is 4.03. The first kappa shape index (κ1) is 15.5. The number of carboxylic acids is 1. The van der Waals surface area contributed by atoms with Crippen LogP contribution in [0, 0.1) is 5.41 Å². The van der Waals surface area contributed by atoms with Crippen LogP contribution in [0.1, 0.15) is 37.8 Å². The summed E-state index contributed by atoms with van der Waals surface area (Å²) in [6.07, 6.45) is 1.67. The smallest absolute Gasteiger partial charge is 0.305 e. The fourth-order valence-electron chi connectivity index (χ4n) is 2.69. The molecule has 114 valence electrons. The van der Waals surface area contributed by atoms with Crippen LogP contribution in [0.5, 0.6) is 0 Å². The first-order valence-corrected chi connectivity index (χ1v) is 7.30. The SMILES string of the molecule is CC1(C(=O)NC(CC(=O)O)c2ccccc2)CCCNC1. The normalized spacial score (nSPS) is 23.3. The third kappa shape index (κ3) is 4.04. The summed E-state index contributed by atoms with van der Waals surface area (Å²) in [4.78, 5) is 23.6. The first-order chi connectivity index (χ1) is 10.0. The Bertz CT molecular complexity index is 496.